The van der Waals surface area contributed by atoms with Gasteiger partial charge < -0.3 is 33.8 Å². The van der Waals surface area contributed by atoms with Crippen molar-refractivity contribution >= 4 is 39.5 Å². The summed E-state index contributed by atoms with van der Waals surface area (Å²) in [6, 6.07) is 0. The monoisotopic (exact) mass is 1540 g/mol. The Bertz CT molecular complexity index is 2000. The van der Waals surface area contributed by atoms with Gasteiger partial charge in [0.15, 0.2) is 12.2 Å². The molecule has 0 rings (SSSR count). The predicted molar refractivity (Wildman–Crippen MR) is 432 cm³/mol. The van der Waals surface area contributed by atoms with E-state index in [-0.39, 0.29) is 25.7 Å². The van der Waals surface area contributed by atoms with Crippen LogP contribution in [0.5, 0.6) is 0 Å². The molecular formula is C86H168O17P2. The van der Waals surface area contributed by atoms with Gasteiger partial charge in [0, 0.05) is 25.7 Å². The van der Waals surface area contributed by atoms with Crippen LogP contribution in [0, 0.1) is 5.92 Å². The average Bonchev–Trinajstić information content (AvgIpc) is 0.940. The number of carbonyl (C=O) groups excluding carboxylic acids is 4. The Hall–Kier alpha value is -1.94. The van der Waals surface area contributed by atoms with Crippen molar-refractivity contribution in [2.75, 3.05) is 39.6 Å². The average molecular weight is 1540 g/mol. The Labute approximate surface area is 645 Å². The van der Waals surface area contributed by atoms with Gasteiger partial charge in [-0.3, -0.25) is 37.3 Å². The van der Waals surface area contributed by atoms with Crippen molar-refractivity contribution in [3.63, 3.8) is 0 Å². The quantitative estimate of drug-likeness (QED) is 0.0222. The minimum atomic E-state index is -4.97. The highest BCUT2D eigenvalue weighted by atomic mass is 31.2. The summed E-state index contributed by atoms with van der Waals surface area (Å²) in [4.78, 5) is 73.2. The van der Waals surface area contributed by atoms with Crippen molar-refractivity contribution in [3.8, 4) is 0 Å². The van der Waals surface area contributed by atoms with Crippen molar-refractivity contribution in [2.24, 2.45) is 5.92 Å². The zero-order valence-electron chi connectivity index (χ0n) is 68.9. The van der Waals surface area contributed by atoms with Crippen LogP contribution < -0.4 is 0 Å². The highest BCUT2D eigenvalue weighted by molar-refractivity contribution is 7.47. The number of carbonyl (C=O) groups is 4. The Morgan fingerprint density at radius 2 is 0.457 bits per heavy atom. The molecule has 0 aromatic rings. The number of phosphoric ester groups is 2. The minimum absolute atomic E-state index is 0.106. The number of hydrogen-bond acceptors (Lipinski definition) is 15. The molecule has 105 heavy (non-hydrogen) atoms. The molecule has 6 atom stereocenters. The lowest BCUT2D eigenvalue weighted by Crippen LogP contribution is -2.30. The lowest BCUT2D eigenvalue weighted by Gasteiger charge is -2.21. The van der Waals surface area contributed by atoms with Crippen molar-refractivity contribution in [1.82, 2.24) is 0 Å². The molecule has 3 N–H and O–H groups in total. The molecule has 0 amide bonds. The number of esters is 4. The van der Waals surface area contributed by atoms with Crippen LogP contribution in [0.25, 0.3) is 0 Å². The van der Waals surface area contributed by atoms with Crippen LogP contribution in [0.1, 0.15) is 465 Å². The maximum atomic E-state index is 13.1. The van der Waals surface area contributed by atoms with Crippen molar-refractivity contribution in [3.05, 3.63) is 0 Å². The fourth-order valence-corrected chi connectivity index (χ4v) is 15.0. The van der Waals surface area contributed by atoms with E-state index in [1.54, 1.807) is 0 Å². The lowest BCUT2D eigenvalue weighted by molar-refractivity contribution is -0.161. The van der Waals surface area contributed by atoms with E-state index in [1.807, 2.05) is 0 Å². The number of rotatable bonds is 86. The summed E-state index contributed by atoms with van der Waals surface area (Å²) < 4.78 is 68.9. The van der Waals surface area contributed by atoms with Gasteiger partial charge in [0.2, 0.25) is 0 Å². The lowest BCUT2D eigenvalue weighted by atomic mass is 9.99. The Kier molecular flexibility index (Phi) is 77.3. The third-order valence-electron chi connectivity index (χ3n) is 20.6. The molecule has 0 radical (unpaired) electrons. The Morgan fingerprint density at radius 3 is 0.676 bits per heavy atom. The summed E-state index contributed by atoms with van der Waals surface area (Å²) in [5.41, 5.74) is 0. The first-order valence-corrected chi connectivity index (χ1v) is 47.7. The highest BCUT2D eigenvalue weighted by Gasteiger charge is 2.30. The number of hydrogen-bond donors (Lipinski definition) is 3. The molecule has 0 bridgehead atoms. The summed E-state index contributed by atoms with van der Waals surface area (Å²) in [6.07, 6.45) is 72.3. The topological polar surface area (TPSA) is 237 Å². The zero-order chi connectivity index (χ0) is 76.9. The van der Waals surface area contributed by atoms with E-state index in [0.29, 0.717) is 25.7 Å². The van der Waals surface area contributed by atoms with E-state index in [1.165, 1.54) is 289 Å². The molecular weight excluding hydrogens is 1370 g/mol. The largest absolute Gasteiger partial charge is 0.472 e. The molecule has 0 fully saturated rings. The minimum Gasteiger partial charge on any atom is -0.462 e. The van der Waals surface area contributed by atoms with E-state index in [9.17, 15) is 43.2 Å². The fourth-order valence-electron chi connectivity index (χ4n) is 13.4. The molecule has 17 nitrogen and oxygen atoms in total. The first-order chi connectivity index (χ1) is 51.1. The van der Waals surface area contributed by atoms with E-state index in [4.69, 9.17) is 37.0 Å². The summed E-state index contributed by atoms with van der Waals surface area (Å²) in [5, 5.41) is 10.7. The number of aliphatic hydroxyl groups excluding tert-OH is 1. The van der Waals surface area contributed by atoms with Crippen LogP contribution in [-0.2, 0) is 65.4 Å². The van der Waals surface area contributed by atoms with Crippen LogP contribution in [0.4, 0.5) is 0 Å². The van der Waals surface area contributed by atoms with Gasteiger partial charge in [0.05, 0.1) is 26.4 Å². The molecule has 0 aliphatic carbocycles. The molecule has 0 aliphatic heterocycles. The molecule has 0 saturated heterocycles. The molecule has 0 aliphatic rings. The molecule has 0 saturated carbocycles. The van der Waals surface area contributed by atoms with Crippen molar-refractivity contribution in [2.45, 2.75) is 483 Å². The first kappa shape index (κ1) is 103. The maximum Gasteiger partial charge on any atom is 0.472 e. The second kappa shape index (κ2) is 78.7. The summed E-state index contributed by atoms with van der Waals surface area (Å²) >= 11 is 0. The van der Waals surface area contributed by atoms with Crippen LogP contribution >= 0.6 is 15.6 Å². The Morgan fingerprint density at radius 1 is 0.267 bits per heavy atom. The molecule has 0 aromatic heterocycles. The van der Waals surface area contributed by atoms with Crippen LogP contribution in [0.3, 0.4) is 0 Å². The molecule has 19 heteroatoms. The number of aliphatic hydroxyl groups is 1. The van der Waals surface area contributed by atoms with Crippen molar-refractivity contribution in [1.29, 1.82) is 0 Å². The van der Waals surface area contributed by atoms with Gasteiger partial charge in [-0.2, -0.15) is 0 Å². The van der Waals surface area contributed by atoms with Gasteiger partial charge in [-0.05, 0) is 31.6 Å². The smallest absolute Gasteiger partial charge is 0.462 e. The van der Waals surface area contributed by atoms with Gasteiger partial charge in [-0.1, -0.05) is 413 Å². The normalized spacial score (nSPS) is 14.0. The van der Waals surface area contributed by atoms with Crippen LogP contribution in [0.2, 0.25) is 0 Å². The number of unbranched alkanes of at least 4 members (excludes halogenated alkanes) is 57. The van der Waals surface area contributed by atoms with Crippen molar-refractivity contribution < 1.29 is 80.2 Å². The van der Waals surface area contributed by atoms with E-state index in [0.717, 1.165) is 95.8 Å². The summed E-state index contributed by atoms with van der Waals surface area (Å²) in [7, 11) is -9.93. The van der Waals surface area contributed by atoms with E-state index in [2.05, 4.69) is 34.6 Å². The maximum absolute atomic E-state index is 13.1. The highest BCUT2D eigenvalue weighted by Crippen LogP contribution is 2.45. The predicted octanol–water partition coefficient (Wildman–Crippen LogP) is 26.4. The van der Waals surface area contributed by atoms with Gasteiger partial charge >= 0.3 is 39.5 Å². The second-order valence-electron chi connectivity index (χ2n) is 31.2. The summed E-state index contributed by atoms with van der Waals surface area (Å²) in [6.45, 7) is 7.35. The van der Waals surface area contributed by atoms with Crippen LogP contribution in [0.15, 0.2) is 0 Å². The second-order valence-corrected chi connectivity index (χ2v) is 34.1. The van der Waals surface area contributed by atoms with Gasteiger partial charge in [0.1, 0.15) is 19.3 Å². The van der Waals surface area contributed by atoms with Gasteiger partial charge in [0.25, 0.3) is 0 Å². The van der Waals surface area contributed by atoms with Gasteiger partial charge in [-0.25, -0.2) is 9.13 Å². The van der Waals surface area contributed by atoms with Gasteiger partial charge in [-0.15, -0.1) is 0 Å². The van der Waals surface area contributed by atoms with E-state index >= 15 is 0 Å². The first-order valence-electron chi connectivity index (χ1n) is 44.7. The standard InChI is InChI=1S/C86H168O17P2/c1-6-10-13-16-19-22-25-28-30-32-34-35-36-38-40-42-44-47-50-56-61-66-71-85(90)102-81(75-96-84(89)70-65-60-55-49-46-43-41-39-37-33-31-29-26-23-20-17-14-11-7-2)77-100-104(92,93)98-73-80(87)74-99-105(94,95)101-78-82(103-86(91)72-67-62-57-52-51-53-58-63-68-79(5)9-4)76-97-83(88)69-64-59-54-48-45-27-24-21-18-15-12-8-3/h79-82,87H,6-78H2,1-5H3,(H,92,93)(H,94,95)/t79?,80-,81-,82-/m1/s1. The molecule has 0 aromatic carbocycles. The third-order valence-corrected chi connectivity index (χ3v) is 22.5. The molecule has 0 spiro atoms. The zero-order valence-corrected chi connectivity index (χ0v) is 70.7. The SMILES string of the molecule is CCCCCCCCCCCCCCCCCCCCCCCCC(=O)O[C@H](COC(=O)CCCCCCCCCCCCCCCCCCCCC)COP(=O)(O)OC[C@@H](O)COP(=O)(O)OC[C@@H](COC(=O)CCCCCCCCCCCCCC)OC(=O)CCCCCCCCCCC(C)CC. The number of phosphoric acid groups is 2. The molecule has 0 heterocycles. The van der Waals surface area contributed by atoms with E-state index < -0.39 is 97.5 Å². The summed E-state index contributed by atoms with van der Waals surface area (Å²) in [5.74, 6) is -1.33. The molecule has 624 valence electrons. The fraction of sp³-hybridized carbons (Fsp3) is 0.953. The Balaban J connectivity index is 5.22. The number of ether oxygens (including phenoxy) is 4. The third kappa shape index (κ3) is 78.5. The van der Waals surface area contributed by atoms with Crippen LogP contribution in [-0.4, -0.2) is 96.7 Å². The molecule has 3 unspecified atom stereocenters.